The van der Waals surface area contributed by atoms with Gasteiger partial charge in [-0.3, -0.25) is 15.0 Å². The largest absolute Gasteiger partial charge is 0.491 e. The van der Waals surface area contributed by atoms with E-state index in [1.165, 1.54) is 24.3 Å². The molecule has 0 aliphatic rings. The van der Waals surface area contributed by atoms with Gasteiger partial charge >= 0.3 is 11.9 Å². The minimum atomic E-state index is -1.29. The van der Waals surface area contributed by atoms with Crippen LogP contribution in [0.1, 0.15) is 27.6 Å². The van der Waals surface area contributed by atoms with Crippen LogP contribution >= 0.6 is 0 Å². The lowest BCUT2D eigenvalue weighted by Crippen LogP contribution is -2.29. The molecule has 0 spiro atoms. The molecular formula is C21H21N3O8. The molecule has 2 rings (SSSR count). The molecule has 0 aromatic heterocycles. The van der Waals surface area contributed by atoms with Gasteiger partial charge in [-0.2, -0.15) is 5.10 Å². The number of carboxylic acid groups (broad SMARTS) is 1. The highest BCUT2D eigenvalue weighted by atomic mass is 16.5. The molecule has 2 aromatic rings. The number of amides is 1. The summed E-state index contributed by atoms with van der Waals surface area (Å²) in [5, 5.41) is 24.3. The van der Waals surface area contributed by atoms with Crippen LogP contribution in [0.5, 0.6) is 5.75 Å². The standard InChI is InChI=1S/C21H21N3O8/c1-12(26)18(19(27)22-15-3-5-17(6-4-15)32-8-7-25)24-23-16-10-13(20(28)29)9-14(11-16)21(30)31-2/h3-6,9-11,23,25H,7-8H2,1-2H3,(H,22,27)(H,28,29)/b24-18-. The van der Waals surface area contributed by atoms with Crippen molar-refractivity contribution in [2.24, 2.45) is 5.10 Å². The van der Waals surface area contributed by atoms with Crippen molar-refractivity contribution < 1.29 is 38.9 Å². The van der Waals surface area contributed by atoms with Crippen molar-refractivity contribution in [1.29, 1.82) is 0 Å². The van der Waals surface area contributed by atoms with Gasteiger partial charge in [-0.25, -0.2) is 9.59 Å². The molecule has 168 valence electrons. The Morgan fingerprint density at radius 1 is 1.00 bits per heavy atom. The minimum Gasteiger partial charge on any atom is -0.491 e. The number of carbonyl (C=O) groups excluding carboxylic acids is 3. The Kier molecular flexibility index (Phi) is 8.43. The highest BCUT2D eigenvalue weighted by Crippen LogP contribution is 2.17. The Bertz CT molecular complexity index is 1050. The molecule has 32 heavy (non-hydrogen) atoms. The fraction of sp³-hybridized carbons (Fsp3) is 0.190. The smallest absolute Gasteiger partial charge is 0.337 e. The summed E-state index contributed by atoms with van der Waals surface area (Å²) < 4.78 is 9.81. The zero-order valence-electron chi connectivity index (χ0n) is 17.2. The molecule has 4 N–H and O–H groups in total. The summed E-state index contributed by atoms with van der Waals surface area (Å²) in [6.45, 7) is 1.12. The number of hydrogen-bond donors (Lipinski definition) is 4. The fourth-order valence-corrected chi connectivity index (χ4v) is 2.45. The van der Waals surface area contributed by atoms with Crippen LogP contribution in [-0.2, 0) is 14.3 Å². The molecule has 0 heterocycles. The third kappa shape index (κ3) is 6.64. The van der Waals surface area contributed by atoms with Gasteiger partial charge < -0.3 is 25.0 Å². The number of hydrazone groups is 1. The number of carbonyl (C=O) groups is 4. The Morgan fingerprint density at radius 3 is 2.22 bits per heavy atom. The molecule has 0 atom stereocenters. The maximum atomic E-state index is 12.5. The van der Waals surface area contributed by atoms with Crippen LogP contribution in [0.4, 0.5) is 11.4 Å². The summed E-state index contributed by atoms with van der Waals surface area (Å²) in [6.07, 6.45) is 0. The summed E-state index contributed by atoms with van der Waals surface area (Å²) >= 11 is 0. The SMILES string of the molecule is COC(=O)c1cc(N/N=C(/C(C)=O)C(=O)Nc2ccc(OCCO)cc2)cc(C(=O)O)c1. The van der Waals surface area contributed by atoms with E-state index in [1.807, 2.05) is 0 Å². The molecule has 0 saturated carbocycles. The van der Waals surface area contributed by atoms with E-state index in [0.717, 1.165) is 20.1 Å². The lowest BCUT2D eigenvalue weighted by atomic mass is 10.1. The summed E-state index contributed by atoms with van der Waals surface area (Å²) in [7, 11) is 1.14. The van der Waals surface area contributed by atoms with E-state index < -0.39 is 29.3 Å². The highest BCUT2D eigenvalue weighted by molar-refractivity contribution is 6.67. The van der Waals surface area contributed by atoms with Crippen molar-refractivity contribution in [3.8, 4) is 5.75 Å². The lowest BCUT2D eigenvalue weighted by molar-refractivity contribution is -0.114. The normalized spacial score (nSPS) is 10.8. The maximum absolute atomic E-state index is 12.5. The Morgan fingerprint density at radius 2 is 1.66 bits per heavy atom. The Hall–Kier alpha value is -4.25. The maximum Gasteiger partial charge on any atom is 0.337 e. The number of anilines is 2. The summed E-state index contributed by atoms with van der Waals surface area (Å²) in [5.74, 6) is -3.04. The predicted octanol–water partition coefficient (Wildman–Crippen LogP) is 1.54. The fourth-order valence-electron chi connectivity index (χ4n) is 2.45. The van der Waals surface area contributed by atoms with Gasteiger partial charge in [-0.1, -0.05) is 0 Å². The lowest BCUT2D eigenvalue weighted by Gasteiger charge is -2.09. The Labute approximate surface area is 182 Å². The number of aliphatic hydroxyl groups is 1. The van der Waals surface area contributed by atoms with Crippen molar-refractivity contribution in [3.05, 3.63) is 53.6 Å². The van der Waals surface area contributed by atoms with Crippen molar-refractivity contribution >= 4 is 40.7 Å². The van der Waals surface area contributed by atoms with Crippen LogP contribution in [0.3, 0.4) is 0 Å². The van der Waals surface area contributed by atoms with Gasteiger partial charge in [-0.05, 0) is 42.5 Å². The topological polar surface area (TPSA) is 164 Å². The third-order valence-corrected chi connectivity index (χ3v) is 3.92. The Balaban J connectivity index is 2.21. The first-order chi connectivity index (χ1) is 15.2. The van der Waals surface area contributed by atoms with E-state index >= 15 is 0 Å². The molecule has 0 unspecified atom stereocenters. The number of benzene rings is 2. The molecule has 2 aromatic carbocycles. The molecular weight excluding hydrogens is 422 g/mol. The minimum absolute atomic E-state index is 0.0533. The number of ether oxygens (including phenoxy) is 2. The van der Waals surface area contributed by atoms with Crippen molar-refractivity contribution in [1.82, 2.24) is 0 Å². The number of Topliss-reactive ketones (excluding diaryl/α,β-unsaturated/α-hetero) is 1. The van der Waals surface area contributed by atoms with E-state index in [2.05, 4.69) is 20.6 Å². The number of nitrogens with one attached hydrogen (secondary N) is 2. The van der Waals surface area contributed by atoms with Crippen LogP contribution in [0.25, 0.3) is 0 Å². The van der Waals surface area contributed by atoms with Crippen LogP contribution in [0.15, 0.2) is 47.6 Å². The number of hydrogen-bond acceptors (Lipinski definition) is 9. The summed E-state index contributed by atoms with van der Waals surface area (Å²) in [6, 6.07) is 9.78. The van der Waals surface area contributed by atoms with Crippen LogP contribution in [0.2, 0.25) is 0 Å². The molecule has 0 fully saturated rings. The van der Waals surface area contributed by atoms with Gasteiger partial charge in [0.25, 0.3) is 5.91 Å². The number of methoxy groups -OCH3 is 1. The molecule has 11 nitrogen and oxygen atoms in total. The van der Waals surface area contributed by atoms with E-state index in [1.54, 1.807) is 12.1 Å². The quantitative estimate of drug-likeness (QED) is 0.184. The van der Waals surface area contributed by atoms with Crippen molar-refractivity contribution in [3.63, 3.8) is 0 Å². The molecule has 1 amide bonds. The van der Waals surface area contributed by atoms with Crippen LogP contribution in [-0.4, -0.2) is 59.9 Å². The van der Waals surface area contributed by atoms with E-state index in [4.69, 9.17) is 9.84 Å². The zero-order chi connectivity index (χ0) is 23.7. The first-order valence-electron chi connectivity index (χ1n) is 9.21. The second-order valence-electron chi connectivity index (χ2n) is 6.27. The van der Waals surface area contributed by atoms with E-state index in [-0.39, 0.29) is 30.0 Å². The van der Waals surface area contributed by atoms with Crippen LogP contribution in [0, 0.1) is 0 Å². The average Bonchev–Trinajstić information content (AvgIpc) is 2.77. The molecule has 0 saturated heterocycles. The predicted molar refractivity (Wildman–Crippen MR) is 114 cm³/mol. The van der Waals surface area contributed by atoms with Gasteiger partial charge in [0, 0.05) is 12.6 Å². The van der Waals surface area contributed by atoms with Gasteiger partial charge in [0.15, 0.2) is 11.5 Å². The van der Waals surface area contributed by atoms with E-state index in [0.29, 0.717) is 11.4 Å². The van der Waals surface area contributed by atoms with Gasteiger partial charge in [0.1, 0.15) is 12.4 Å². The molecule has 0 aliphatic heterocycles. The monoisotopic (exact) mass is 443 g/mol. The number of aliphatic hydroxyl groups excluding tert-OH is 1. The average molecular weight is 443 g/mol. The third-order valence-electron chi connectivity index (χ3n) is 3.92. The second-order valence-corrected chi connectivity index (χ2v) is 6.27. The number of rotatable bonds is 10. The first-order valence-corrected chi connectivity index (χ1v) is 9.21. The first kappa shape index (κ1) is 24.0. The van der Waals surface area contributed by atoms with Crippen molar-refractivity contribution in [2.45, 2.75) is 6.92 Å². The van der Waals surface area contributed by atoms with Gasteiger partial charge in [0.05, 0.1) is 30.5 Å². The number of esters is 1. The summed E-state index contributed by atoms with van der Waals surface area (Å²) in [5.41, 5.74) is 2.10. The van der Waals surface area contributed by atoms with Gasteiger partial charge in [-0.15, -0.1) is 0 Å². The van der Waals surface area contributed by atoms with Gasteiger partial charge in [0.2, 0.25) is 0 Å². The van der Waals surface area contributed by atoms with E-state index in [9.17, 15) is 24.3 Å². The highest BCUT2D eigenvalue weighted by Gasteiger charge is 2.18. The molecule has 0 aliphatic carbocycles. The van der Waals surface area contributed by atoms with Crippen LogP contribution < -0.4 is 15.5 Å². The number of carboxylic acids is 1. The zero-order valence-corrected chi connectivity index (χ0v) is 17.2. The molecule has 11 heteroatoms. The summed E-state index contributed by atoms with van der Waals surface area (Å²) in [4.78, 5) is 47.5. The molecule has 0 radical (unpaired) electrons. The number of nitrogens with zero attached hydrogens (tertiary/aromatic N) is 1. The number of aromatic carboxylic acids is 1. The second kappa shape index (κ2) is 11.2. The number of ketones is 1. The molecule has 0 bridgehead atoms. The van der Waals surface area contributed by atoms with Crippen molar-refractivity contribution in [2.75, 3.05) is 31.1 Å².